The highest BCUT2D eigenvalue weighted by Gasteiger charge is 2.35. The Bertz CT molecular complexity index is 376. The number of anilines is 1. The Morgan fingerprint density at radius 3 is 2.65 bits per heavy atom. The van der Waals surface area contributed by atoms with Gasteiger partial charge in [-0.15, -0.1) is 0 Å². The number of imidazole rings is 1. The number of nitrogens with zero attached hydrogens (tertiary/aromatic N) is 3. The molecule has 17 heavy (non-hydrogen) atoms. The SMILES string of the molecule is CN(C)c1ncc(CNC2(CO)CCC2)n1C. The standard InChI is InChI=1S/C12H22N4O/c1-15(2)11-13-7-10(16(11)3)8-14-12(9-17)5-4-6-12/h7,14,17H,4-6,8-9H2,1-3H3. The van der Waals surface area contributed by atoms with Crippen molar-refractivity contribution in [2.24, 2.45) is 7.05 Å². The third-order valence-electron chi connectivity index (χ3n) is 3.72. The normalized spacial score (nSPS) is 17.9. The molecule has 0 radical (unpaired) electrons. The van der Waals surface area contributed by atoms with E-state index in [-0.39, 0.29) is 12.1 Å². The molecule has 1 aliphatic carbocycles. The maximum absolute atomic E-state index is 9.38. The molecular weight excluding hydrogens is 216 g/mol. The predicted molar refractivity (Wildman–Crippen MR) is 68.0 cm³/mol. The number of hydrogen-bond donors (Lipinski definition) is 2. The van der Waals surface area contributed by atoms with Crippen molar-refractivity contribution in [2.75, 3.05) is 25.6 Å². The van der Waals surface area contributed by atoms with E-state index in [0.717, 1.165) is 31.0 Å². The van der Waals surface area contributed by atoms with Gasteiger partial charge in [-0.3, -0.25) is 0 Å². The molecule has 0 atom stereocenters. The smallest absolute Gasteiger partial charge is 0.204 e. The van der Waals surface area contributed by atoms with Crippen molar-refractivity contribution in [3.8, 4) is 0 Å². The molecule has 1 heterocycles. The average molecular weight is 238 g/mol. The molecular formula is C12H22N4O. The van der Waals surface area contributed by atoms with E-state index >= 15 is 0 Å². The Labute approximate surface area is 102 Å². The van der Waals surface area contributed by atoms with E-state index in [1.54, 1.807) is 0 Å². The maximum atomic E-state index is 9.38. The van der Waals surface area contributed by atoms with Crippen LogP contribution in [0.1, 0.15) is 25.0 Å². The number of rotatable bonds is 5. The molecule has 1 fully saturated rings. The van der Waals surface area contributed by atoms with E-state index in [1.807, 2.05) is 32.2 Å². The van der Waals surface area contributed by atoms with Crippen molar-refractivity contribution >= 4 is 5.95 Å². The largest absolute Gasteiger partial charge is 0.394 e. The fraction of sp³-hybridized carbons (Fsp3) is 0.750. The first-order valence-electron chi connectivity index (χ1n) is 6.12. The molecule has 96 valence electrons. The summed E-state index contributed by atoms with van der Waals surface area (Å²) in [6, 6.07) is 0. The minimum Gasteiger partial charge on any atom is -0.394 e. The van der Waals surface area contributed by atoms with Gasteiger partial charge in [0.05, 0.1) is 18.5 Å². The first-order valence-corrected chi connectivity index (χ1v) is 6.12. The summed E-state index contributed by atoms with van der Waals surface area (Å²) in [5, 5.41) is 12.8. The van der Waals surface area contributed by atoms with Crippen molar-refractivity contribution in [1.29, 1.82) is 0 Å². The molecule has 0 aromatic carbocycles. The van der Waals surface area contributed by atoms with Crippen molar-refractivity contribution in [2.45, 2.75) is 31.3 Å². The second kappa shape index (κ2) is 4.66. The zero-order chi connectivity index (χ0) is 12.5. The zero-order valence-corrected chi connectivity index (χ0v) is 10.9. The van der Waals surface area contributed by atoms with Gasteiger partial charge in [0, 0.05) is 33.2 Å². The summed E-state index contributed by atoms with van der Waals surface area (Å²) in [6.45, 7) is 0.989. The van der Waals surface area contributed by atoms with Crippen LogP contribution in [-0.2, 0) is 13.6 Å². The van der Waals surface area contributed by atoms with Gasteiger partial charge in [-0.1, -0.05) is 0 Å². The van der Waals surface area contributed by atoms with Gasteiger partial charge in [0.25, 0.3) is 0 Å². The Balaban J connectivity index is 1.99. The lowest BCUT2D eigenvalue weighted by Gasteiger charge is -2.41. The molecule has 0 spiro atoms. The van der Waals surface area contributed by atoms with Crippen LogP contribution < -0.4 is 10.2 Å². The Kier molecular flexibility index (Phi) is 3.40. The number of nitrogens with one attached hydrogen (secondary N) is 1. The highest BCUT2D eigenvalue weighted by Crippen LogP contribution is 2.31. The van der Waals surface area contributed by atoms with Gasteiger partial charge in [-0.2, -0.15) is 0 Å². The maximum Gasteiger partial charge on any atom is 0.204 e. The molecule has 0 saturated heterocycles. The number of aromatic nitrogens is 2. The van der Waals surface area contributed by atoms with Crippen LogP contribution in [0.25, 0.3) is 0 Å². The second-order valence-corrected chi connectivity index (χ2v) is 5.15. The topological polar surface area (TPSA) is 53.3 Å². The molecule has 1 aromatic rings. The first-order chi connectivity index (χ1) is 8.08. The van der Waals surface area contributed by atoms with Crippen LogP contribution in [0.4, 0.5) is 5.95 Å². The lowest BCUT2D eigenvalue weighted by atomic mass is 9.77. The molecule has 0 aliphatic heterocycles. The van der Waals surface area contributed by atoms with Crippen molar-refractivity contribution in [1.82, 2.24) is 14.9 Å². The van der Waals surface area contributed by atoms with E-state index in [2.05, 4.69) is 14.9 Å². The zero-order valence-electron chi connectivity index (χ0n) is 10.9. The van der Waals surface area contributed by atoms with E-state index in [4.69, 9.17) is 0 Å². The van der Waals surface area contributed by atoms with Gasteiger partial charge in [-0.25, -0.2) is 4.98 Å². The van der Waals surface area contributed by atoms with E-state index in [1.165, 1.54) is 6.42 Å². The van der Waals surface area contributed by atoms with Gasteiger partial charge in [0.15, 0.2) is 0 Å². The van der Waals surface area contributed by atoms with E-state index in [0.29, 0.717) is 0 Å². The number of aliphatic hydroxyl groups is 1. The van der Waals surface area contributed by atoms with Crippen LogP contribution in [-0.4, -0.2) is 40.9 Å². The minimum atomic E-state index is -0.0391. The molecule has 1 saturated carbocycles. The van der Waals surface area contributed by atoms with Gasteiger partial charge < -0.3 is 19.9 Å². The van der Waals surface area contributed by atoms with Gasteiger partial charge in [0.1, 0.15) is 0 Å². The summed E-state index contributed by atoms with van der Waals surface area (Å²) in [7, 11) is 5.99. The molecule has 5 heteroatoms. The van der Waals surface area contributed by atoms with Crippen molar-refractivity contribution in [3.05, 3.63) is 11.9 Å². The van der Waals surface area contributed by atoms with Gasteiger partial charge >= 0.3 is 0 Å². The van der Waals surface area contributed by atoms with Crippen LogP contribution in [0.5, 0.6) is 0 Å². The second-order valence-electron chi connectivity index (χ2n) is 5.15. The Morgan fingerprint density at radius 1 is 1.53 bits per heavy atom. The lowest BCUT2D eigenvalue weighted by molar-refractivity contribution is 0.0866. The van der Waals surface area contributed by atoms with Crippen molar-refractivity contribution < 1.29 is 5.11 Å². The molecule has 2 rings (SSSR count). The lowest BCUT2D eigenvalue weighted by Crippen LogP contribution is -2.53. The molecule has 1 aromatic heterocycles. The first kappa shape index (κ1) is 12.4. The third kappa shape index (κ3) is 2.30. The van der Waals surface area contributed by atoms with Gasteiger partial charge in [0.2, 0.25) is 5.95 Å². The fourth-order valence-electron chi connectivity index (χ4n) is 2.29. The fourth-order valence-corrected chi connectivity index (χ4v) is 2.29. The molecule has 5 nitrogen and oxygen atoms in total. The molecule has 2 N–H and O–H groups in total. The summed E-state index contributed by atoms with van der Waals surface area (Å²) < 4.78 is 2.08. The molecule has 0 unspecified atom stereocenters. The van der Waals surface area contributed by atoms with Crippen molar-refractivity contribution in [3.63, 3.8) is 0 Å². The molecule has 0 bridgehead atoms. The van der Waals surface area contributed by atoms with Crippen LogP contribution in [0, 0.1) is 0 Å². The summed E-state index contributed by atoms with van der Waals surface area (Å²) in [6.07, 6.45) is 5.25. The van der Waals surface area contributed by atoms with Crippen LogP contribution in [0.15, 0.2) is 6.20 Å². The van der Waals surface area contributed by atoms with E-state index < -0.39 is 0 Å². The quantitative estimate of drug-likeness (QED) is 0.784. The third-order valence-corrected chi connectivity index (χ3v) is 3.72. The summed E-state index contributed by atoms with van der Waals surface area (Å²) in [4.78, 5) is 6.37. The Morgan fingerprint density at radius 2 is 2.24 bits per heavy atom. The summed E-state index contributed by atoms with van der Waals surface area (Å²) >= 11 is 0. The molecule has 0 amide bonds. The number of hydrogen-bond acceptors (Lipinski definition) is 4. The van der Waals surface area contributed by atoms with Crippen LogP contribution in [0.2, 0.25) is 0 Å². The molecule has 1 aliphatic rings. The highest BCUT2D eigenvalue weighted by molar-refractivity contribution is 5.31. The minimum absolute atomic E-state index is 0.0391. The van der Waals surface area contributed by atoms with Gasteiger partial charge in [-0.05, 0) is 19.3 Å². The summed E-state index contributed by atoms with van der Waals surface area (Å²) in [5.41, 5.74) is 1.11. The predicted octanol–water partition coefficient (Wildman–Crippen LogP) is 0.491. The van der Waals surface area contributed by atoms with E-state index in [9.17, 15) is 5.11 Å². The highest BCUT2D eigenvalue weighted by atomic mass is 16.3. The Hall–Kier alpha value is -1.07. The van der Waals surface area contributed by atoms with Crippen LogP contribution >= 0.6 is 0 Å². The number of aliphatic hydroxyl groups excluding tert-OH is 1. The summed E-state index contributed by atoms with van der Waals surface area (Å²) in [5.74, 6) is 0.952. The average Bonchev–Trinajstić information content (AvgIpc) is 2.59. The monoisotopic (exact) mass is 238 g/mol. The van der Waals surface area contributed by atoms with Crippen LogP contribution in [0.3, 0.4) is 0 Å².